The summed E-state index contributed by atoms with van der Waals surface area (Å²) in [6.07, 6.45) is 3.76. The first-order valence-electron chi connectivity index (χ1n) is 5.80. The number of rotatable bonds is 0. The minimum atomic E-state index is 0.368. The monoisotopic (exact) mass is 203 g/mol. The zero-order valence-electron chi connectivity index (χ0n) is 8.96. The van der Waals surface area contributed by atoms with Gasteiger partial charge in [0.15, 0.2) is 0 Å². The predicted octanol–water partition coefficient (Wildman–Crippen LogP) is 1.99. The molecule has 1 N–H and O–H groups in total. The highest BCUT2D eigenvalue weighted by molar-refractivity contribution is 5.36. The molecule has 1 unspecified atom stereocenters. The molecule has 0 bridgehead atoms. The Balaban J connectivity index is 1.87. The summed E-state index contributed by atoms with van der Waals surface area (Å²) in [6, 6.07) is 8.44. The van der Waals surface area contributed by atoms with Gasteiger partial charge in [-0.2, -0.15) is 0 Å². The van der Waals surface area contributed by atoms with Crippen LogP contribution >= 0.6 is 0 Å². The van der Waals surface area contributed by atoms with E-state index in [2.05, 4.69) is 29.6 Å². The van der Waals surface area contributed by atoms with Crippen molar-refractivity contribution >= 4 is 0 Å². The third kappa shape index (κ3) is 1.63. The summed E-state index contributed by atoms with van der Waals surface area (Å²) in [5, 5.41) is 3.50. The van der Waals surface area contributed by atoms with Crippen LogP contribution in [0.1, 0.15) is 18.4 Å². The molecule has 0 amide bonds. The van der Waals surface area contributed by atoms with Crippen molar-refractivity contribution in [2.24, 2.45) is 5.41 Å². The Morgan fingerprint density at radius 2 is 2.20 bits per heavy atom. The minimum absolute atomic E-state index is 0.368. The van der Waals surface area contributed by atoms with E-state index in [0.29, 0.717) is 5.41 Å². The Kier molecular flexibility index (Phi) is 2.17. The maximum atomic E-state index is 5.88. The lowest BCUT2D eigenvalue weighted by Crippen LogP contribution is -2.47. The number of ether oxygens (including phenoxy) is 1. The number of hydrogen-bond donors (Lipinski definition) is 1. The van der Waals surface area contributed by atoms with Gasteiger partial charge in [0.25, 0.3) is 0 Å². The largest absolute Gasteiger partial charge is 0.493 e. The van der Waals surface area contributed by atoms with Crippen molar-refractivity contribution in [1.82, 2.24) is 5.32 Å². The lowest BCUT2D eigenvalue weighted by molar-refractivity contribution is 0.0905. The van der Waals surface area contributed by atoms with Crippen molar-refractivity contribution in [1.29, 1.82) is 0 Å². The molecule has 0 aliphatic carbocycles. The molecule has 2 aliphatic heterocycles. The maximum Gasteiger partial charge on any atom is 0.122 e. The van der Waals surface area contributed by atoms with Crippen LogP contribution in [0.4, 0.5) is 0 Å². The van der Waals surface area contributed by atoms with Crippen LogP contribution in [0.3, 0.4) is 0 Å². The van der Waals surface area contributed by atoms with Crippen LogP contribution in [0, 0.1) is 5.41 Å². The van der Waals surface area contributed by atoms with Gasteiger partial charge in [0, 0.05) is 12.0 Å². The van der Waals surface area contributed by atoms with Gasteiger partial charge in [-0.3, -0.25) is 0 Å². The Bertz CT molecular complexity index is 355. The summed E-state index contributed by atoms with van der Waals surface area (Å²) >= 11 is 0. The third-order valence-corrected chi connectivity index (χ3v) is 3.63. The Morgan fingerprint density at radius 1 is 1.27 bits per heavy atom. The molecule has 2 heterocycles. The molecule has 0 radical (unpaired) electrons. The van der Waals surface area contributed by atoms with Crippen LogP contribution in [-0.4, -0.2) is 19.7 Å². The van der Waals surface area contributed by atoms with E-state index in [1.54, 1.807) is 0 Å². The number of fused-ring (bicyclic) bond motifs is 1. The molecule has 3 rings (SSSR count). The van der Waals surface area contributed by atoms with Crippen LogP contribution < -0.4 is 10.1 Å². The number of hydrogen-bond acceptors (Lipinski definition) is 2. The van der Waals surface area contributed by atoms with Crippen LogP contribution in [0.25, 0.3) is 0 Å². The highest BCUT2D eigenvalue weighted by atomic mass is 16.5. The number of benzene rings is 1. The van der Waals surface area contributed by atoms with Crippen molar-refractivity contribution in [2.75, 3.05) is 19.7 Å². The van der Waals surface area contributed by atoms with E-state index in [1.807, 2.05) is 0 Å². The molecule has 80 valence electrons. The minimum Gasteiger partial charge on any atom is -0.493 e. The average molecular weight is 203 g/mol. The Hall–Kier alpha value is -1.02. The van der Waals surface area contributed by atoms with Crippen molar-refractivity contribution < 1.29 is 4.74 Å². The molecule has 0 aromatic heterocycles. The fourth-order valence-corrected chi connectivity index (χ4v) is 2.78. The summed E-state index contributed by atoms with van der Waals surface area (Å²) in [6.45, 7) is 3.17. The van der Waals surface area contributed by atoms with Crippen LogP contribution in [0.2, 0.25) is 0 Å². The smallest absolute Gasteiger partial charge is 0.122 e. The molecule has 2 nitrogen and oxygen atoms in total. The maximum absolute atomic E-state index is 5.88. The zero-order valence-corrected chi connectivity index (χ0v) is 8.96. The van der Waals surface area contributed by atoms with E-state index in [4.69, 9.17) is 4.74 Å². The van der Waals surface area contributed by atoms with E-state index < -0.39 is 0 Å². The molecular weight excluding hydrogens is 186 g/mol. The molecule has 2 heteroatoms. The quantitative estimate of drug-likeness (QED) is 0.696. The highest BCUT2D eigenvalue weighted by Gasteiger charge is 2.36. The summed E-state index contributed by atoms with van der Waals surface area (Å²) in [5.74, 6) is 1.09. The van der Waals surface area contributed by atoms with Gasteiger partial charge in [-0.1, -0.05) is 18.2 Å². The second-order valence-electron chi connectivity index (χ2n) is 4.85. The summed E-state index contributed by atoms with van der Waals surface area (Å²) in [7, 11) is 0. The van der Waals surface area contributed by atoms with Crippen molar-refractivity contribution in [2.45, 2.75) is 19.3 Å². The van der Waals surface area contributed by atoms with Gasteiger partial charge in [0.1, 0.15) is 5.75 Å². The zero-order chi connectivity index (χ0) is 10.1. The summed E-state index contributed by atoms with van der Waals surface area (Å²) in [5.41, 5.74) is 1.75. The van der Waals surface area contributed by atoms with E-state index in [1.165, 1.54) is 31.4 Å². The van der Waals surface area contributed by atoms with Crippen LogP contribution in [0.5, 0.6) is 5.75 Å². The molecule has 0 saturated carbocycles. The highest BCUT2D eigenvalue weighted by Crippen LogP contribution is 2.38. The molecule has 1 atom stereocenters. The van der Waals surface area contributed by atoms with Gasteiger partial charge in [0.2, 0.25) is 0 Å². The number of piperidine rings is 1. The summed E-state index contributed by atoms with van der Waals surface area (Å²) < 4.78 is 5.88. The standard InChI is InChI=1S/C13H17NO/c1-2-5-12-11(4-1)8-13(10-15-12)6-3-7-14-9-13/h1-2,4-5,14H,3,6-10H2. The first-order chi connectivity index (χ1) is 7.38. The topological polar surface area (TPSA) is 21.3 Å². The normalized spacial score (nSPS) is 29.6. The summed E-state index contributed by atoms with van der Waals surface area (Å²) in [4.78, 5) is 0. The molecule has 1 fully saturated rings. The second-order valence-corrected chi connectivity index (χ2v) is 4.85. The fraction of sp³-hybridized carbons (Fsp3) is 0.538. The predicted molar refractivity (Wildman–Crippen MR) is 60.2 cm³/mol. The average Bonchev–Trinajstić information content (AvgIpc) is 2.30. The first-order valence-corrected chi connectivity index (χ1v) is 5.80. The third-order valence-electron chi connectivity index (χ3n) is 3.63. The molecule has 1 aromatic carbocycles. The lowest BCUT2D eigenvalue weighted by atomic mass is 9.75. The van der Waals surface area contributed by atoms with E-state index in [-0.39, 0.29) is 0 Å². The van der Waals surface area contributed by atoms with E-state index >= 15 is 0 Å². The molecule has 1 aromatic rings. The van der Waals surface area contributed by atoms with Crippen LogP contribution in [0.15, 0.2) is 24.3 Å². The Labute approximate surface area is 90.6 Å². The van der Waals surface area contributed by atoms with Crippen LogP contribution in [-0.2, 0) is 6.42 Å². The SMILES string of the molecule is c1ccc2c(c1)CC1(CCCNC1)CO2. The number of nitrogens with one attached hydrogen (secondary N) is 1. The lowest BCUT2D eigenvalue weighted by Gasteiger charge is -2.41. The first kappa shape index (κ1) is 9.22. The van der Waals surface area contributed by atoms with Gasteiger partial charge in [0.05, 0.1) is 6.61 Å². The fourth-order valence-electron chi connectivity index (χ4n) is 2.78. The van der Waals surface area contributed by atoms with Gasteiger partial charge >= 0.3 is 0 Å². The van der Waals surface area contributed by atoms with Crippen molar-refractivity contribution in [3.63, 3.8) is 0 Å². The molecule has 2 aliphatic rings. The number of para-hydroxylation sites is 1. The van der Waals surface area contributed by atoms with E-state index in [0.717, 1.165) is 18.9 Å². The van der Waals surface area contributed by atoms with Crippen molar-refractivity contribution in [3.8, 4) is 5.75 Å². The molecule has 15 heavy (non-hydrogen) atoms. The van der Waals surface area contributed by atoms with E-state index in [9.17, 15) is 0 Å². The van der Waals surface area contributed by atoms with Crippen molar-refractivity contribution in [3.05, 3.63) is 29.8 Å². The second kappa shape index (κ2) is 3.53. The van der Waals surface area contributed by atoms with Gasteiger partial charge < -0.3 is 10.1 Å². The molecule has 1 saturated heterocycles. The van der Waals surface area contributed by atoms with Gasteiger partial charge in [-0.15, -0.1) is 0 Å². The van der Waals surface area contributed by atoms with Gasteiger partial charge in [-0.25, -0.2) is 0 Å². The Morgan fingerprint density at radius 3 is 3.07 bits per heavy atom. The molecule has 1 spiro atoms. The van der Waals surface area contributed by atoms with Gasteiger partial charge in [-0.05, 0) is 37.4 Å². The molecular formula is C13H17NO.